The second-order valence-corrected chi connectivity index (χ2v) is 7.05. The summed E-state index contributed by atoms with van der Waals surface area (Å²) in [5.41, 5.74) is 1.36. The molecule has 1 aliphatic rings. The molecule has 0 spiro atoms. The molecule has 1 aliphatic heterocycles. The van der Waals surface area contributed by atoms with Crippen molar-refractivity contribution in [3.63, 3.8) is 0 Å². The fourth-order valence-corrected chi connectivity index (χ4v) is 3.39. The summed E-state index contributed by atoms with van der Waals surface area (Å²) in [6.45, 7) is 9.87. The summed E-state index contributed by atoms with van der Waals surface area (Å²) in [4.78, 5) is 4.45. The molecular weight excluding hydrogens is 250 g/mol. The zero-order valence-corrected chi connectivity index (χ0v) is 13.3. The zero-order valence-electron chi connectivity index (χ0n) is 13.3. The van der Waals surface area contributed by atoms with Gasteiger partial charge in [0, 0.05) is 29.7 Å². The number of rotatable bonds is 4. The van der Waals surface area contributed by atoms with E-state index in [1.807, 2.05) is 18.2 Å². The van der Waals surface area contributed by atoms with Crippen molar-refractivity contribution < 1.29 is 4.74 Å². The van der Waals surface area contributed by atoms with Crippen LogP contribution in [-0.2, 0) is 6.54 Å². The van der Waals surface area contributed by atoms with E-state index in [0.29, 0.717) is 11.9 Å². The molecule has 1 fully saturated rings. The fourth-order valence-electron chi connectivity index (χ4n) is 3.39. The van der Waals surface area contributed by atoms with Crippen molar-refractivity contribution in [1.29, 1.82) is 0 Å². The van der Waals surface area contributed by atoms with Gasteiger partial charge in [-0.3, -0.25) is 0 Å². The van der Waals surface area contributed by atoms with E-state index in [-0.39, 0.29) is 11.1 Å². The van der Waals surface area contributed by atoms with Crippen molar-refractivity contribution >= 4 is 0 Å². The lowest BCUT2D eigenvalue weighted by Crippen LogP contribution is -2.61. The van der Waals surface area contributed by atoms with Gasteiger partial charge in [0.05, 0.1) is 12.8 Å². The van der Waals surface area contributed by atoms with Gasteiger partial charge >= 0.3 is 0 Å². The lowest BCUT2D eigenvalue weighted by molar-refractivity contribution is 0.145. The van der Waals surface area contributed by atoms with Crippen LogP contribution in [0.25, 0.3) is 0 Å². The first-order valence-corrected chi connectivity index (χ1v) is 7.32. The van der Waals surface area contributed by atoms with Crippen molar-refractivity contribution in [3.8, 4) is 5.88 Å². The van der Waals surface area contributed by atoms with E-state index in [1.165, 1.54) is 0 Å². The van der Waals surface area contributed by atoms with Gasteiger partial charge in [-0.25, -0.2) is 4.98 Å². The predicted molar refractivity (Wildman–Crippen MR) is 81.9 cm³/mol. The Morgan fingerprint density at radius 2 is 1.90 bits per heavy atom. The van der Waals surface area contributed by atoms with Crippen LogP contribution in [0, 0.1) is 0 Å². The SMILES string of the molecule is COc1cccc(CNC2CC(C)(C)NC(C)(C)C2)n1. The number of ether oxygens (including phenoxy) is 1. The summed E-state index contributed by atoms with van der Waals surface area (Å²) in [7, 11) is 1.65. The fraction of sp³-hybridized carbons (Fsp3) is 0.688. The van der Waals surface area contributed by atoms with E-state index < -0.39 is 0 Å². The Hall–Kier alpha value is -1.13. The Balaban J connectivity index is 1.96. The van der Waals surface area contributed by atoms with Gasteiger partial charge in [0.15, 0.2) is 0 Å². The Morgan fingerprint density at radius 1 is 1.25 bits per heavy atom. The van der Waals surface area contributed by atoms with Crippen LogP contribution in [0.4, 0.5) is 0 Å². The van der Waals surface area contributed by atoms with Gasteiger partial charge in [0.2, 0.25) is 5.88 Å². The summed E-state index contributed by atoms with van der Waals surface area (Å²) in [5, 5.41) is 7.35. The third-order valence-electron chi connectivity index (χ3n) is 3.75. The molecule has 0 amide bonds. The minimum atomic E-state index is 0.168. The summed E-state index contributed by atoms with van der Waals surface area (Å²) in [6, 6.07) is 6.40. The van der Waals surface area contributed by atoms with E-state index in [1.54, 1.807) is 7.11 Å². The van der Waals surface area contributed by atoms with Crippen molar-refractivity contribution in [1.82, 2.24) is 15.6 Å². The highest BCUT2D eigenvalue weighted by atomic mass is 16.5. The normalized spacial score (nSPS) is 21.6. The maximum atomic E-state index is 5.16. The maximum absolute atomic E-state index is 5.16. The van der Waals surface area contributed by atoms with Gasteiger partial charge in [-0.05, 0) is 46.6 Å². The Kier molecular flexibility index (Phi) is 4.35. The highest BCUT2D eigenvalue weighted by Crippen LogP contribution is 2.28. The number of aromatic nitrogens is 1. The second-order valence-electron chi connectivity index (χ2n) is 7.05. The van der Waals surface area contributed by atoms with Crippen LogP contribution in [-0.4, -0.2) is 29.2 Å². The largest absolute Gasteiger partial charge is 0.481 e. The van der Waals surface area contributed by atoms with Gasteiger partial charge < -0.3 is 15.4 Å². The van der Waals surface area contributed by atoms with Crippen molar-refractivity contribution in [2.45, 2.75) is 64.2 Å². The Morgan fingerprint density at radius 3 is 2.50 bits per heavy atom. The molecule has 0 atom stereocenters. The second kappa shape index (κ2) is 5.70. The highest BCUT2D eigenvalue weighted by Gasteiger charge is 2.37. The molecule has 20 heavy (non-hydrogen) atoms. The zero-order chi connectivity index (χ0) is 14.8. The van der Waals surface area contributed by atoms with E-state index in [0.717, 1.165) is 25.1 Å². The molecular formula is C16H27N3O. The molecule has 0 radical (unpaired) electrons. The van der Waals surface area contributed by atoms with Crippen LogP contribution >= 0.6 is 0 Å². The van der Waals surface area contributed by atoms with Crippen molar-refractivity contribution in [2.24, 2.45) is 0 Å². The van der Waals surface area contributed by atoms with Crippen LogP contribution < -0.4 is 15.4 Å². The molecule has 112 valence electrons. The van der Waals surface area contributed by atoms with Crippen molar-refractivity contribution in [3.05, 3.63) is 23.9 Å². The van der Waals surface area contributed by atoms with E-state index in [9.17, 15) is 0 Å². The molecule has 0 unspecified atom stereocenters. The smallest absolute Gasteiger partial charge is 0.213 e. The number of hydrogen-bond acceptors (Lipinski definition) is 4. The van der Waals surface area contributed by atoms with Gasteiger partial charge in [0.25, 0.3) is 0 Å². The minimum Gasteiger partial charge on any atom is -0.481 e. The molecule has 1 aromatic rings. The summed E-state index contributed by atoms with van der Waals surface area (Å²) >= 11 is 0. The molecule has 1 aromatic heterocycles. The standard InChI is InChI=1S/C16H27N3O/c1-15(2)9-13(10-16(3,4)19-15)17-11-12-7-6-8-14(18-12)20-5/h6-8,13,17,19H,9-11H2,1-5H3. The Labute approximate surface area is 122 Å². The maximum Gasteiger partial charge on any atom is 0.213 e. The first-order valence-electron chi connectivity index (χ1n) is 7.32. The summed E-state index contributed by atoms with van der Waals surface area (Å²) in [6.07, 6.45) is 2.25. The van der Waals surface area contributed by atoms with Crippen LogP contribution in [0.15, 0.2) is 18.2 Å². The topological polar surface area (TPSA) is 46.2 Å². The quantitative estimate of drug-likeness (QED) is 0.887. The molecule has 2 rings (SSSR count). The van der Waals surface area contributed by atoms with Gasteiger partial charge in [-0.2, -0.15) is 0 Å². The van der Waals surface area contributed by atoms with Crippen LogP contribution in [0.2, 0.25) is 0 Å². The number of pyridine rings is 1. The third-order valence-corrected chi connectivity index (χ3v) is 3.75. The van der Waals surface area contributed by atoms with E-state index in [2.05, 4.69) is 43.3 Å². The third kappa shape index (κ3) is 4.18. The van der Waals surface area contributed by atoms with E-state index in [4.69, 9.17) is 4.74 Å². The molecule has 1 saturated heterocycles. The van der Waals surface area contributed by atoms with Gasteiger partial charge in [0.1, 0.15) is 0 Å². The van der Waals surface area contributed by atoms with Crippen LogP contribution in [0.3, 0.4) is 0 Å². The highest BCUT2D eigenvalue weighted by molar-refractivity contribution is 5.15. The average molecular weight is 277 g/mol. The first-order chi connectivity index (χ1) is 9.30. The minimum absolute atomic E-state index is 0.168. The monoisotopic (exact) mass is 277 g/mol. The molecule has 4 heteroatoms. The summed E-state index contributed by atoms with van der Waals surface area (Å²) < 4.78 is 5.16. The molecule has 4 nitrogen and oxygen atoms in total. The Bertz CT molecular complexity index is 441. The van der Waals surface area contributed by atoms with E-state index >= 15 is 0 Å². The van der Waals surface area contributed by atoms with Crippen LogP contribution in [0.1, 0.15) is 46.2 Å². The lowest BCUT2D eigenvalue weighted by Gasteiger charge is -2.46. The lowest BCUT2D eigenvalue weighted by atomic mass is 9.79. The van der Waals surface area contributed by atoms with Gasteiger partial charge in [-0.1, -0.05) is 6.07 Å². The molecule has 0 bridgehead atoms. The number of hydrogen-bond donors (Lipinski definition) is 2. The molecule has 0 aromatic carbocycles. The van der Waals surface area contributed by atoms with Crippen LogP contribution in [0.5, 0.6) is 5.88 Å². The average Bonchev–Trinajstić information content (AvgIpc) is 2.33. The molecule has 2 heterocycles. The van der Waals surface area contributed by atoms with Crippen molar-refractivity contribution in [2.75, 3.05) is 7.11 Å². The van der Waals surface area contributed by atoms with Gasteiger partial charge in [-0.15, -0.1) is 0 Å². The number of nitrogens with one attached hydrogen (secondary N) is 2. The number of piperidine rings is 1. The number of methoxy groups -OCH3 is 1. The summed E-state index contributed by atoms with van der Waals surface area (Å²) in [5.74, 6) is 0.676. The molecule has 0 saturated carbocycles. The molecule has 0 aliphatic carbocycles. The predicted octanol–water partition coefficient (Wildman–Crippen LogP) is 2.49. The molecule has 2 N–H and O–H groups in total. The first kappa shape index (κ1) is 15.3. The number of nitrogens with zero attached hydrogens (tertiary/aromatic N) is 1.